The van der Waals surface area contributed by atoms with Crippen LogP contribution in [0.1, 0.15) is 0 Å². The van der Waals surface area contributed by atoms with Crippen molar-refractivity contribution in [2.75, 3.05) is 24.2 Å². The zero-order chi connectivity index (χ0) is 10.6. The minimum absolute atomic E-state index is 0.194. The standard InChI is InChI=1S/C7H9ClF2N4/c1-11-5-6(8)13-3-14-7(5)12-2-4(9)10/h3-4,11H,2H2,1H3,(H,12,13,14). The molecule has 1 heterocycles. The van der Waals surface area contributed by atoms with Crippen molar-refractivity contribution < 1.29 is 8.78 Å². The Hall–Kier alpha value is -1.17. The molecule has 1 aromatic heterocycles. The normalized spacial score (nSPS) is 10.4. The summed E-state index contributed by atoms with van der Waals surface area (Å²) in [6.07, 6.45) is -1.23. The van der Waals surface area contributed by atoms with Gasteiger partial charge in [0.15, 0.2) is 11.0 Å². The van der Waals surface area contributed by atoms with Crippen molar-refractivity contribution >= 4 is 23.1 Å². The van der Waals surface area contributed by atoms with Gasteiger partial charge in [-0.05, 0) is 0 Å². The van der Waals surface area contributed by atoms with Gasteiger partial charge in [-0.2, -0.15) is 0 Å². The molecule has 0 unspecified atom stereocenters. The Morgan fingerprint density at radius 1 is 1.50 bits per heavy atom. The molecule has 1 rings (SSSR count). The van der Waals surface area contributed by atoms with Crippen LogP contribution in [-0.4, -0.2) is 30.0 Å². The Kier molecular flexibility index (Phi) is 3.82. The molecule has 14 heavy (non-hydrogen) atoms. The van der Waals surface area contributed by atoms with Gasteiger partial charge in [0.05, 0.1) is 6.54 Å². The van der Waals surface area contributed by atoms with E-state index in [0.29, 0.717) is 5.69 Å². The lowest BCUT2D eigenvalue weighted by Crippen LogP contribution is -2.13. The summed E-state index contributed by atoms with van der Waals surface area (Å²) in [6, 6.07) is 0. The molecular formula is C7H9ClF2N4. The number of anilines is 2. The smallest absolute Gasteiger partial charge is 0.255 e. The Balaban J connectivity index is 2.80. The monoisotopic (exact) mass is 222 g/mol. The fourth-order valence-corrected chi connectivity index (χ4v) is 1.12. The van der Waals surface area contributed by atoms with Crippen molar-refractivity contribution in [3.63, 3.8) is 0 Å². The summed E-state index contributed by atoms with van der Waals surface area (Å²) in [7, 11) is 1.61. The van der Waals surface area contributed by atoms with Crippen LogP contribution in [-0.2, 0) is 0 Å². The van der Waals surface area contributed by atoms with Gasteiger partial charge in [0.2, 0.25) is 0 Å². The predicted molar refractivity (Wildman–Crippen MR) is 51.1 cm³/mol. The number of alkyl halides is 2. The fraction of sp³-hybridized carbons (Fsp3) is 0.429. The Morgan fingerprint density at radius 3 is 2.79 bits per heavy atom. The molecule has 0 aromatic carbocycles. The van der Waals surface area contributed by atoms with Crippen LogP contribution in [0, 0.1) is 0 Å². The Labute approximate surface area is 84.7 Å². The van der Waals surface area contributed by atoms with Gasteiger partial charge in [0.25, 0.3) is 6.43 Å². The van der Waals surface area contributed by atoms with Crippen LogP contribution < -0.4 is 10.6 Å². The predicted octanol–water partition coefficient (Wildman–Crippen LogP) is 1.85. The first-order valence-electron chi connectivity index (χ1n) is 3.85. The van der Waals surface area contributed by atoms with Gasteiger partial charge in [-0.3, -0.25) is 0 Å². The lowest BCUT2D eigenvalue weighted by Gasteiger charge is -2.10. The van der Waals surface area contributed by atoms with Gasteiger partial charge in [0, 0.05) is 7.05 Å². The maximum atomic E-state index is 11.9. The highest BCUT2D eigenvalue weighted by molar-refractivity contribution is 6.32. The van der Waals surface area contributed by atoms with Crippen molar-refractivity contribution in [2.24, 2.45) is 0 Å². The van der Waals surface area contributed by atoms with Crippen molar-refractivity contribution in [3.05, 3.63) is 11.5 Å². The van der Waals surface area contributed by atoms with Gasteiger partial charge in [0.1, 0.15) is 12.0 Å². The average Bonchev–Trinajstić information content (AvgIpc) is 2.14. The molecule has 0 aliphatic heterocycles. The van der Waals surface area contributed by atoms with Gasteiger partial charge in [-0.1, -0.05) is 11.6 Å². The average molecular weight is 223 g/mol. The number of nitrogens with zero attached hydrogens (tertiary/aromatic N) is 2. The summed E-state index contributed by atoms with van der Waals surface area (Å²) < 4.78 is 23.8. The number of rotatable bonds is 4. The van der Waals surface area contributed by atoms with Crippen molar-refractivity contribution in [2.45, 2.75) is 6.43 Å². The molecule has 1 aromatic rings. The van der Waals surface area contributed by atoms with Crippen LogP contribution in [0.5, 0.6) is 0 Å². The third-order valence-corrected chi connectivity index (χ3v) is 1.76. The summed E-state index contributed by atoms with van der Waals surface area (Å²) in [6.45, 7) is -0.470. The van der Waals surface area contributed by atoms with E-state index in [1.807, 2.05) is 0 Å². The van der Waals surface area contributed by atoms with E-state index in [1.165, 1.54) is 6.33 Å². The van der Waals surface area contributed by atoms with E-state index in [0.717, 1.165) is 0 Å². The lowest BCUT2D eigenvalue weighted by atomic mass is 10.4. The van der Waals surface area contributed by atoms with Crippen molar-refractivity contribution in [3.8, 4) is 0 Å². The molecule has 0 atom stereocenters. The van der Waals surface area contributed by atoms with E-state index < -0.39 is 13.0 Å². The molecule has 0 saturated heterocycles. The quantitative estimate of drug-likeness (QED) is 0.764. The minimum Gasteiger partial charge on any atom is -0.383 e. The van der Waals surface area contributed by atoms with Crippen LogP contribution in [0.2, 0.25) is 5.15 Å². The Bertz CT molecular complexity index is 308. The second-order valence-corrected chi connectivity index (χ2v) is 2.77. The fourth-order valence-electron chi connectivity index (χ4n) is 0.894. The summed E-state index contributed by atoms with van der Waals surface area (Å²) in [5.41, 5.74) is 0.412. The second kappa shape index (κ2) is 4.90. The first kappa shape index (κ1) is 10.9. The maximum absolute atomic E-state index is 11.9. The number of halogens is 3. The molecule has 0 amide bonds. The van der Waals surface area contributed by atoms with Gasteiger partial charge >= 0.3 is 0 Å². The van der Waals surface area contributed by atoms with E-state index in [2.05, 4.69) is 20.6 Å². The van der Waals surface area contributed by atoms with Gasteiger partial charge < -0.3 is 10.6 Å². The molecule has 0 aliphatic rings. The van der Waals surface area contributed by atoms with Gasteiger partial charge in [-0.25, -0.2) is 18.7 Å². The van der Waals surface area contributed by atoms with E-state index >= 15 is 0 Å². The second-order valence-electron chi connectivity index (χ2n) is 2.41. The number of nitrogens with one attached hydrogen (secondary N) is 2. The third-order valence-electron chi connectivity index (χ3n) is 1.47. The zero-order valence-electron chi connectivity index (χ0n) is 7.39. The topological polar surface area (TPSA) is 49.8 Å². The lowest BCUT2D eigenvalue weighted by molar-refractivity contribution is 0.163. The molecule has 0 spiro atoms. The highest BCUT2D eigenvalue weighted by atomic mass is 35.5. The molecule has 78 valence electrons. The van der Waals surface area contributed by atoms with Crippen LogP contribution in [0.15, 0.2) is 6.33 Å². The summed E-state index contributed by atoms with van der Waals surface area (Å²) in [4.78, 5) is 7.48. The summed E-state index contributed by atoms with van der Waals surface area (Å²) in [5, 5.41) is 5.37. The van der Waals surface area contributed by atoms with Gasteiger partial charge in [-0.15, -0.1) is 0 Å². The van der Waals surface area contributed by atoms with Crippen LogP contribution >= 0.6 is 11.6 Å². The van der Waals surface area contributed by atoms with E-state index in [1.54, 1.807) is 7.05 Å². The Morgan fingerprint density at radius 2 is 2.21 bits per heavy atom. The minimum atomic E-state index is -2.44. The SMILES string of the molecule is CNc1c(Cl)ncnc1NCC(F)F. The van der Waals surface area contributed by atoms with Crippen LogP contribution in [0.4, 0.5) is 20.3 Å². The molecule has 4 nitrogen and oxygen atoms in total. The summed E-state index contributed by atoms with van der Waals surface area (Å²) in [5.74, 6) is 0.271. The van der Waals surface area contributed by atoms with E-state index in [-0.39, 0.29) is 11.0 Å². The van der Waals surface area contributed by atoms with E-state index in [9.17, 15) is 8.78 Å². The number of aromatic nitrogens is 2. The molecule has 2 N–H and O–H groups in total. The molecule has 7 heteroatoms. The molecule has 0 aliphatic carbocycles. The third kappa shape index (κ3) is 2.66. The van der Waals surface area contributed by atoms with Crippen LogP contribution in [0.25, 0.3) is 0 Å². The summed E-state index contributed by atoms with van der Waals surface area (Å²) >= 11 is 5.70. The molecule has 0 saturated carbocycles. The number of hydrogen-bond donors (Lipinski definition) is 2. The van der Waals surface area contributed by atoms with E-state index in [4.69, 9.17) is 11.6 Å². The maximum Gasteiger partial charge on any atom is 0.255 e. The highest BCUT2D eigenvalue weighted by Crippen LogP contribution is 2.25. The molecule has 0 bridgehead atoms. The molecule has 0 radical (unpaired) electrons. The molecule has 0 fully saturated rings. The largest absolute Gasteiger partial charge is 0.383 e. The zero-order valence-corrected chi connectivity index (χ0v) is 8.15. The van der Waals surface area contributed by atoms with Crippen molar-refractivity contribution in [1.29, 1.82) is 0 Å². The van der Waals surface area contributed by atoms with Crippen molar-refractivity contribution in [1.82, 2.24) is 9.97 Å². The first-order chi connectivity index (χ1) is 6.65. The van der Waals surface area contributed by atoms with Crippen LogP contribution in [0.3, 0.4) is 0 Å². The first-order valence-corrected chi connectivity index (χ1v) is 4.23. The number of hydrogen-bond acceptors (Lipinski definition) is 4. The molecular weight excluding hydrogens is 214 g/mol. The highest BCUT2D eigenvalue weighted by Gasteiger charge is 2.09.